The number of hydrogen-bond donors (Lipinski definition) is 2. The first kappa shape index (κ1) is 21.4. The highest BCUT2D eigenvalue weighted by Crippen LogP contribution is 2.34. The van der Waals surface area contributed by atoms with E-state index in [1.807, 2.05) is 13.0 Å². The van der Waals surface area contributed by atoms with E-state index in [0.717, 1.165) is 32.1 Å². The maximum Gasteiger partial charge on any atom is 0.312 e. The number of carbonyl (C=O) groups excluding carboxylic acids is 1. The Hall–Kier alpha value is -0.870. The van der Waals surface area contributed by atoms with Gasteiger partial charge in [-0.2, -0.15) is 0 Å². The van der Waals surface area contributed by atoms with Gasteiger partial charge in [-0.25, -0.2) is 0 Å². The SMILES string of the molecule is C=CCC(CC)(CCCC)C(=O)OCC.CC(O)CO. The first-order valence-electron chi connectivity index (χ1n) is 7.51. The fraction of sp³-hybridized carbons (Fsp3) is 0.812. The normalized spacial score (nSPS) is 14.5. The molecule has 20 heavy (non-hydrogen) atoms. The highest BCUT2D eigenvalue weighted by atomic mass is 16.5. The van der Waals surface area contributed by atoms with E-state index < -0.39 is 6.10 Å². The van der Waals surface area contributed by atoms with E-state index >= 15 is 0 Å². The average molecular weight is 288 g/mol. The molecule has 0 saturated carbocycles. The molecule has 4 heteroatoms. The molecule has 2 atom stereocenters. The predicted octanol–water partition coefficient (Wildman–Crippen LogP) is 3.07. The smallest absolute Gasteiger partial charge is 0.312 e. The Morgan fingerprint density at radius 3 is 2.25 bits per heavy atom. The van der Waals surface area contributed by atoms with Gasteiger partial charge >= 0.3 is 5.97 Å². The van der Waals surface area contributed by atoms with E-state index in [1.54, 1.807) is 0 Å². The third kappa shape index (κ3) is 9.10. The molecule has 0 radical (unpaired) electrons. The fourth-order valence-corrected chi connectivity index (χ4v) is 1.83. The van der Waals surface area contributed by atoms with Crippen LogP contribution in [0.4, 0.5) is 0 Å². The molecule has 2 unspecified atom stereocenters. The minimum atomic E-state index is -0.560. The molecule has 0 aromatic carbocycles. The predicted molar refractivity (Wildman–Crippen MR) is 82.5 cm³/mol. The molecule has 4 nitrogen and oxygen atoms in total. The van der Waals surface area contributed by atoms with Gasteiger partial charge in [-0.15, -0.1) is 6.58 Å². The largest absolute Gasteiger partial charge is 0.466 e. The topological polar surface area (TPSA) is 66.8 Å². The molecular weight excluding hydrogens is 256 g/mol. The zero-order chi connectivity index (χ0) is 16.0. The summed E-state index contributed by atoms with van der Waals surface area (Å²) in [6.07, 6.45) is 5.91. The lowest BCUT2D eigenvalue weighted by molar-refractivity contribution is -0.156. The van der Waals surface area contributed by atoms with Crippen LogP contribution in [-0.4, -0.2) is 35.5 Å². The van der Waals surface area contributed by atoms with E-state index in [2.05, 4.69) is 20.4 Å². The van der Waals surface area contributed by atoms with Crippen molar-refractivity contribution in [3.63, 3.8) is 0 Å². The van der Waals surface area contributed by atoms with Gasteiger partial charge < -0.3 is 14.9 Å². The van der Waals surface area contributed by atoms with Crippen molar-refractivity contribution < 1.29 is 19.7 Å². The van der Waals surface area contributed by atoms with Crippen molar-refractivity contribution in [3.05, 3.63) is 12.7 Å². The van der Waals surface area contributed by atoms with E-state index in [0.29, 0.717) is 6.61 Å². The van der Waals surface area contributed by atoms with E-state index in [1.165, 1.54) is 6.92 Å². The summed E-state index contributed by atoms with van der Waals surface area (Å²) >= 11 is 0. The van der Waals surface area contributed by atoms with E-state index in [4.69, 9.17) is 14.9 Å². The number of carbonyl (C=O) groups is 1. The second-order valence-electron chi connectivity index (χ2n) is 4.98. The summed E-state index contributed by atoms with van der Waals surface area (Å²) < 4.78 is 5.16. The van der Waals surface area contributed by atoms with Gasteiger partial charge in [0.1, 0.15) is 0 Å². The van der Waals surface area contributed by atoms with Crippen molar-refractivity contribution in [2.24, 2.45) is 5.41 Å². The quantitative estimate of drug-likeness (QED) is 0.505. The van der Waals surface area contributed by atoms with Crippen molar-refractivity contribution in [2.45, 2.75) is 65.9 Å². The van der Waals surface area contributed by atoms with Crippen LogP contribution < -0.4 is 0 Å². The highest BCUT2D eigenvalue weighted by Gasteiger charge is 2.35. The van der Waals surface area contributed by atoms with Crippen LogP contribution in [0.2, 0.25) is 0 Å². The first-order chi connectivity index (χ1) is 9.43. The van der Waals surface area contributed by atoms with Crippen LogP contribution in [0.1, 0.15) is 59.8 Å². The molecule has 2 N–H and O–H groups in total. The van der Waals surface area contributed by atoms with Gasteiger partial charge in [-0.05, 0) is 33.1 Å². The summed E-state index contributed by atoms with van der Waals surface area (Å²) in [5, 5.41) is 16.0. The molecule has 0 aliphatic carbocycles. The third-order valence-corrected chi connectivity index (χ3v) is 3.19. The number of aliphatic hydroxyl groups is 2. The first-order valence-corrected chi connectivity index (χ1v) is 7.51. The van der Waals surface area contributed by atoms with E-state index in [-0.39, 0.29) is 18.0 Å². The zero-order valence-electron chi connectivity index (χ0n) is 13.5. The Morgan fingerprint density at radius 1 is 1.40 bits per heavy atom. The van der Waals surface area contributed by atoms with Crippen LogP contribution in [0.3, 0.4) is 0 Å². The summed E-state index contributed by atoms with van der Waals surface area (Å²) in [6.45, 7) is 11.6. The molecule has 0 amide bonds. The lowest BCUT2D eigenvalue weighted by atomic mass is 9.77. The summed E-state index contributed by atoms with van der Waals surface area (Å²) in [5.41, 5.74) is -0.326. The number of ether oxygens (including phenoxy) is 1. The molecule has 0 fully saturated rings. The van der Waals surface area contributed by atoms with Crippen LogP contribution in [0, 0.1) is 5.41 Å². The molecular formula is C16H32O4. The molecule has 0 heterocycles. The summed E-state index contributed by atoms with van der Waals surface area (Å²) in [4.78, 5) is 11.9. The lowest BCUT2D eigenvalue weighted by Crippen LogP contribution is -2.32. The summed E-state index contributed by atoms with van der Waals surface area (Å²) in [6, 6.07) is 0. The van der Waals surface area contributed by atoms with E-state index in [9.17, 15) is 4.79 Å². The van der Waals surface area contributed by atoms with Crippen molar-refractivity contribution in [1.82, 2.24) is 0 Å². The van der Waals surface area contributed by atoms with Crippen molar-refractivity contribution in [3.8, 4) is 0 Å². The number of esters is 1. The highest BCUT2D eigenvalue weighted by molar-refractivity contribution is 5.77. The number of rotatable bonds is 9. The Kier molecular flexibility index (Phi) is 14.1. The van der Waals surface area contributed by atoms with Gasteiger partial charge in [0, 0.05) is 0 Å². The molecule has 0 rings (SSSR count). The Balaban J connectivity index is 0. The number of unbranched alkanes of at least 4 members (excludes halogenated alkanes) is 1. The van der Waals surface area contributed by atoms with Crippen LogP contribution in [-0.2, 0) is 9.53 Å². The molecule has 0 aromatic heterocycles. The zero-order valence-corrected chi connectivity index (χ0v) is 13.5. The Bertz CT molecular complexity index is 251. The minimum Gasteiger partial charge on any atom is -0.466 e. The standard InChI is InChI=1S/C13H24O2.C3H8O2/c1-5-9-11-13(7-3,10-6-2)12(14)15-8-4;1-3(5)2-4/h6H,2,5,7-11H2,1,3-4H3;3-5H,2H2,1H3. The van der Waals surface area contributed by atoms with Gasteiger partial charge in [0.05, 0.1) is 24.7 Å². The lowest BCUT2D eigenvalue weighted by Gasteiger charge is -2.29. The molecule has 0 saturated heterocycles. The van der Waals surface area contributed by atoms with Crippen LogP contribution in [0.15, 0.2) is 12.7 Å². The second-order valence-corrected chi connectivity index (χ2v) is 4.98. The van der Waals surface area contributed by atoms with Crippen LogP contribution in [0.25, 0.3) is 0 Å². The molecule has 0 aliphatic heterocycles. The third-order valence-electron chi connectivity index (χ3n) is 3.19. The molecule has 120 valence electrons. The fourth-order valence-electron chi connectivity index (χ4n) is 1.83. The molecule has 0 bridgehead atoms. The number of hydrogen-bond acceptors (Lipinski definition) is 4. The van der Waals surface area contributed by atoms with Crippen molar-refractivity contribution in [1.29, 1.82) is 0 Å². The minimum absolute atomic E-state index is 0.0548. The Labute approximate surface area is 123 Å². The molecule has 0 aromatic rings. The van der Waals surface area contributed by atoms with Gasteiger partial charge in [0.2, 0.25) is 0 Å². The summed E-state index contributed by atoms with van der Waals surface area (Å²) in [5.74, 6) is -0.0548. The number of aliphatic hydroxyl groups excluding tert-OH is 2. The summed E-state index contributed by atoms with van der Waals surface area (Å²) in [7, 11) is 0. The van der Waals surface area contributed by atoms with Gasteiger partial charge in [0.15, 0.2) is 0 Å². The maximum absolute atomic E-state index is 11.9. The maximum atomic E-state index is 11.9. The molecule has 0 aliphatic rings. The van der Waals surface area contributed by atoms with Crippen LogP contribution in [0.5, 0.6) is 0 Å². The Morgan fingerprint density at radius 2 is 1.95 bits per heavy atom. The van der Waals surface area contributed by atoms with Crippen molar-refractivity contribution >= 4 is 5.97 Å². The van der Waals surface area contributed by atoms with Gasteiger partial charge in [-0.1, -0.05) is 32.8 Å². The van der Waals surface area contributed by atoms with Crippen LogP contribution >= 0.6 is 0 Å². The second kappa shape index (κ2) is 13.1. The average Bonchev–Trinajstić information content (AvgIpc) is 2.44. The molecule has 0 spiro atoms. The monoisotopic (exact) mass is 288 g/mol. The van der Waals surface area contributed by atoms with Gasteiger partial charge in [0.25, 0.3) is 0 Å². The van der Waals surface area contributed by atoms with Crippen molar-refractivity contribution in [2.75, 3.05) is 13.2 Å². The van der Waals surface area contributed by atoms with Gasteiger partial charge in [-0.3, -0.25) is 4.79 Å². The number of allylic oxidation sites excluding steroid dienone is 1.